The molecule has 0 fully saturated rings. The Morgan fingerprint density at radius 2 is 1.93 bits per heavy atom. The molecule has 28 heavy (non-hydrogen) atoms. The third kappa shape index (κ3) is 4.28. The number of hydrogen-bond donors (Lipinski definition) is 1. The number of non-ortho nitro benzene ring substituents is 1. The van der Waals surface area contributed by atoms with Crippen molar-refractivity contribution in [3.8, 4) is 5.69 Å². The van der Waals surface area contributed by atoms with Crippen LogP contribution < -0.4 is 5.43 Å². The molecule has 7 nitrogen and oxygen atoms in total. The number of nitro benzene ring substituents is 1. The second-order valence-corrected chi connectivity index (χ2v) is 7.39. The highest BCUT2D eigenvalue weighted by Crippen LogP contribution is 2.23. The highest BCUT2D eigenvalue weighted by atomic mass is 127. The van der Waals surface area contributed by atoms with Gasteiger partial charge >= 0.3 is 0 Å². The van der Waals surface area contributed by atoms with Crippen LogP contribution in [0.3, 0.4) is 0 Å². The molecule has 1 N–H and O–H groups in total. The lowest BCUT2D eigenvalue weighted by molar-refractivity contribution is -0.384. The van der Waals surface area contributed by atoms with Gasteiger partial charge in [-0.2, -0.15) is 5.10 Å². The van der Waals surface area contributed by atoms with Gasteiger partial charge in [0.25, 0.3) is 11.6 Å². The normalized spacial score (nSPS) is 11.0. The number of nitrogens with zero attached hydrogens (tertiary/aromatic N) is 3. The van der Waals surface area contributed by atoms with Crippen molar-refractivity contribution in [2.75, 3.05) is 0 Å². The summed E-state index contributed by atoms with van der Waals surface area (Å²) in [7, 11) is 0. The van der Waals surface area contributed by atoms with Gasteiger partial charge in [-0.1, -0.05) is 12.1 Å². The predicted octanol–water partition coefficient (Wildman–Crippen LogP) is 4.37. The SMILES string of the molecule is Cc1cc(/C=N\NC(=O)c2cccc(I)c2)c(C)n1-c1cccc([N+](=O)[O-])c1. The summed E-state index contributed by atoms with van der Waals surface area (Å²) in [5.41, 5.74) is 6.37. The minimum Gasteiger partial charge on any atom is -0.318 e. The topological polar surface area (TPSA) is 89.5 Å². The zero-order chi connectivity index (χ0) is 20.3. The molecule has 3 aromatic rings. The molecule has 1 amide bonds. The summed E-state index contributed by atoms with van der Waals surface area (Å²) in [5, 5.41) is 15.1. The number of nitro groups is 1. The number of carbonyl (C=O) groups excluding carboxylic acids is 1. The number of amides is 1. The van der Waals surface area contributed by atoms with Gasteiger partial charge in [-0.25, -0.2) is 5.43 Å². The maximum atomic E-state index is 12.2. The Hall–Kier alpha value is -3.01. The number of carbonyl (C=O) groups is 1. The molecule has 0 unspecified atom stereocenters. The second-order valence-electron chi connectivity index (χ2n) is 6.15. The lowest BCUT2D eigenvalue weighted by Crippen LogP contribution is -2.17. The van der Waals surface area contributed by atoms with Gasteiger partial charge < -0.3 is 4.57 Å². The smallest absolute Gasteiger partial charge is 0.271 e. The number of halogens is 1. The Bertz CT molecular complexity index is 1090. The molecule has 0 atom stereocenters. The molecule has 0 aliphatic rings. The van der Waals surface area contributed by atoms with E-state index in [1.165, 1.54) is 12.1 Å². The minimum atomic E-state index is -0.416. The van der Waals surface area contributed by atoms with Crippen molar-refractivity contribution in [3.63, 3.8) is 0 Å². The first-order valence-electron chi connectivity index (χ1n) is 8.39. The number of hydrogen-bond acceptors (Lipinski definition) is 4. The minimum absolute atomic E-state index is 0.0324. The monoisotopic (exact) mass is 488 g/mol. The lowest BCUT2D eigenvalue weighted by atomic mass is 10.2. The van der Waals surface area contributed by atoms with Crippen molar-refractivity contribution in [2.24, 2.45) is 5.10 Å². The van der Waals surface area contributed by atoms with Crippen LogP contribution in [0, 0.1) is 27.5 Å². The summed E-state index contributed by atoms with van der Waals surface area (Å²) < 4.78 is 2.88. The van der Waals surface area contributed by atoms with Crippen LogP contribution >= 0.6 is 22.6 Å². The number of hydrazone groups is 1. The van der Waals surface area contributed by atoms with Crippen LogP contribution in [0.5, 0.6) is 0 Å². The van der Waals surface area contributed by atoms with Crippen LogP contribution in [-0.2, 0) is 0 Å². The van der Waals surface area contributed by atoms with E-state index < -0.39 is 4.92 Å². The van der Waals surface area contributed by atoms with E-state index in [0.717, 1.165) is 20.5 Å². The van der Waals surface area contributed by atoms with E-state index in [-0.39, 0.29) is 11.6 Å². The molecule has 0 saturated heterocycles. The third-order valence-electron chi connectivity index (χ3n) is 4.23. The number of rotatable bonds is 5. The molecule has 0 spiro atoms. The summed E-state index contributed by atoms with van der Waals surface area (Å²) in [6, 6.07) is 15.6. The highest BCUT2D eigenvalue weighted by molar-refractivity contribution is 14.1. The van der Waals surface area contributed by atoms with E-state index in [9.17, 15) is 14.9 Å². The van der Waals surface area contributed by atoms with Crippen molar-refractivity contribution >= 4 is 40.4 Å². The molecule has 8 heteroatoms. The first-order valence-corrected chi connectivity index (χ1v) is 9.47. The van der Waals surface area contributed by atoms with Crippen molar-refractivity contribution in [1.82, 2.24) is 9.99 Å². The van der Waals surface area contributed by atoms with E-state index in [1.54, 1.807) is 24.4 Å². The van der Waals surface area contributed by atoms with E-state index >= 15 is 0 Å². The molecule has 0 aliphatic heterocycles. The summed E-state index contributed by atoms with van der Waals surface area (Å²) in [6.45, 7) is 3.81. The quantitative estimate of drug-likeness (QED) is 0.250. The lowest BCUT2D eigenvalue weighted by Gasteiger charge is -2.09. The molecular weight excluding hydrogens is 471 g/mol. The first-order chi connectivity index (χ1) is 13.4. The molecule has 1 aromatic heterocycles. The number of benzene rings is 2. The Labute approximate surface area is 175 Å². The molecule has 0 aliphatic carbocycles. The maximum absolute atomic E-state index is 12.2. The van der Waals surface area contributed by atoms with Crippen molar-refractivity contribution in [1.29, 1.82) is 0 Å². The van der Waals surface area contributed by atoms with Crippen LogP contribution in [0.2, 0.25) is 0 Å². The number of nitrogens with one attached hydrogen (secondary N) is 1. The fraction of sp³-hybridized carbons (Fsp3) is 0.100. The molecule has 142 valence electrons. The Morgan fingerprint density at radius 3 is 2.64 bits per heavy atom. The first kappa shape index (κ1) is 19.7. The van der Waals surface area contributed by atoms with Crippen molar-refractivity contribution in [2.45, 2.75) is 13.8 Å². The average molecular weight is 488 g/mol. The van der Waals surface area contributed by atoms with Crippen LogP contribution in [0.15, 0.2) is 59.7 Å². The van der Waals surface area contributed by atoms with Crippen molar-refractivity contribution in [3.05, 3.63) is 90.8 Å². The van der Waals surface area contributed by atoms with Gasteiger partial charge in [-0.15, -0.1) is 0 Å². The predicted molar refractivity (Wildman–Crippen MR) is 116 cm³/mol. The van der Waals surface area contributed by atoms with Gasteiger partial charge in [0.15, 0.2) is 0 Å². The average Bonchev–Trinajstić information content (AvgIpc) is 2.95. The largest absolute Gasteiger partial charge is 0.318 e. The molecule has 3 rings (SSSR count). The van der Waals surface area contributed by atoms with E-state index in [4.69, 9.17) is 0 Å². The van der Waals surface area contributed by atoms with Gasteiger partial charge in [0.05, 0.1) is 16.8 Å². The number of aryl methyl sites for hydroxylation is 1. The molecule has 0 saturated carbocycles. The molecule has 1 heterocycles. The van der Waals surface area contributed by atoms with Gasteiger partial charge in [0.1, 0.15) is 0 Å². The summed E-state index contributed by atoms with van der Waals surface area (Å²) >= 11 is 2.14. The Kier molecular flexibility index (Phi) is 5.88. The van der Waals surface area contributed by atoms with Crippen LogP contribution in [0.25, 0.3) is 5.69 Å². The van der Waals surface area contributed by atoms with Gasteiger partial charge in [0, 0.05) is 38.2 Å². The fourth-order valence-electron chi connectivity index (χ4n) is 2.92. The molecular formula is C20H17IN4O3. The van der Waals surface area contributed by atoms with Gasteiger partial charge in [0.2, 0.25) is 0 Å². The fourth-order valence-corrected chi connectivity index (χ4v) is 3.46. The Morgan fingerprint density at radius 1 is 1.18 bits per heavy atom. The maximum Gasteiger partial charge on any atom is 0.271 e. The molecule has 0 radical (unpaired) electrons. The van der Waals surface area contributed by atoms with E-state index in [1.807, 2.05) is 42.7 Å². The standard InChI is InChI=1S/C20H17IN4O3/c1-13-9-16(12-22-23-20(26)15-5-3-6-17(21)10-15)14(2)24(13)18-7-4-8-19(11-18)25(27)28/h3-12H,1-2H3,(H,23,26)/b22-12-. The van der Waals surface area contributed by atoms with Crippen LogP contribution in [0.4, 0.5) is 5.69 Å². The van der Waals surface area contributed by atoms with Crippen molar-refractivity contribution < 1.29 is 9.72 Å². The van der Waals surface area contributed by atoms with E-state index in [0.29, 0.717) is 11.3 Å². The highest BCUT2D eigenvalue weighted by Gasteiger charge is 2.13. The van der Waals surface area contributed by atoms with Gasteiger partial charge in [-0.3, -0.25) is 14.9 Å². The summed E-state index contributed by atoms with van der Waals surface area (Å²) in [5.74, 6) is -0.290. The third-order valence-corrected chi connectivity index (χ3v) is 4.90. The zero-order valence-corrected chi connectivity index (χ0v) is 17.4. The summed E-state index contributed by atoms with van der Waals surface area (Å²) in [4.78, 5) is 22.8. The van der Waals surface area contributed by atoms with Crippen LogP contribution in [-0.4, -0.2) is 21.6 Å². The second kappa shape index (κ2) is 8.34. The molecule has 0 bridgehead atoms. The van der Waals surface area contributed by atoms with Crippen LogP contribution in [0.1, 0.15) is 27.3 Å². The number of aromatic nitrogens is 1. The molecule has 2 aromatic carbocycles. The van der Waals surface area contributed by atoms with E-state index in [2.05, 4.69) is 33.1 Å². The van der Waals surface area contributed by atoms with Gasteiger partial charge in [-0.05, 0) is 66.8 Å². The summed E-state index contributed by atoms with van der Waals surface area (Å²) in [6.07, 6.45) is 1.57. The Balaban J connectivity index is 1.82. The zero-order valence-electron chi connectivity index (χ0n) is 15.2.